The van der Waals surface area contributed by atoms with Gasteiger partial charge in [0.1, 0.15) is 0 Å². The lowest BCUT2D eigenvalue weighted by Gasteiger charge is -2.24. The fraction of sp³-hybridized carbons (Fsp3) is 0.538. The van der Waals surface area contributed by atoms with Crippen LogP contribution in [0, 0.1) is 0 Å². The minimum Gasteiger partial charge on any atom is -0.391 e. The quantitative estimate of drug-likeness (QED) is 0.773. The van der Waals surface area contributed by atoms with Crippen molar-refractivity contribution in [2.24, 2.45) is 0 Å². The topological polar surface area (TPSA) is 32.3 Å². The third kappa shape index (κ3) is 3.45. The van der Waals surface area contributed by atoms with Gasteiger partial charge in [-0.1, -0.05) is 54.1 Å². The van der Waals surface area contributed by atoms with Crippen molar-refractivity contribution in [1.82, 2.24) is 0 Å². The number of anilines is 1. The van der Waals surface area contributed by atoms with Crippen LogP contribution in [0.1, 0.15) is 32.1 Å². The summed E-state index contributed by atoms with van der Waals surface area (Å²) >= 11 is 18.1. The first kappa shape index (κ1) is 14.3. The second-order valence-electron chi connectivity index (χ2n) is 4.70. The highest BCUT2D eigenvalue weighted by molar-refractivity contribution is 6.41. The fourth-order valence-corrected chi connectivity index (χ4v) is 3.25. The van der Waals surface area contributed by atoms with Crippen molar-refractivity contribution in [3.63, 3.8) is 0 Å². The summed E-state index contributed by atoms with van der Waals surface area (Å²) in [6.45, 7) is 0. The second-order valence-corrected chi connectivity index (χ2v) is 5.95. The van der Waals surface area contributed by atoms with Crippen LogP contribution >= 0.6 is 34.8 Å². The van der Waals surface area contributed by atoms with Gasteiger partial charge in [0.15, 0.2) is 0 Å². The maximum absolute atomic E-state index is 10.1. The van der Waals surface area contributed by atoms with Gasteiger partial charge in [-0.2, -0.15) is 0 Å². The Hall–Kier alpha value is -0.150. The first-order valence-electron chi connectivity index (χ1n) is 6.17. The van der Waals surface area contributed by atoms with E-state index in [1.807, 2.05) is 0 Å². The van der Waals surface area contributed by atoms with Gasteiger partial charge in [0.25, 0.3) is 0 Å². The molecule has 0 heterocycles. The molecule has 1 aliphatic carbocycles. The molecule has 2 atom stereocenters. The number of rotatable bonds is 2. The van der Waals surface area contributed by atoms with E-state index in [-0.39, 0.29) is 12.1 Å². The highest BCUT2D eigenvalue weighted by Crippen LogP contribution is 2.35. The van der Waals surface area contributed by atoms with Crippen LogP contribution in [0.25, 0.3) is 0 Å². The van der Waals surface area contributed by atoms with Crippen LogP contribution in [0.3, 0.4) is 0 Å². The van der Waals surface area contributed by atoms with Gasteiger partial charge in [-0.3, -0.25) is 0 Å². The van der Waals surface area contributed by atoms with Crippen LogP contribution in [0.5, 0.6) is 0 Å². The number of benzene rings is 1. The molecule has 1 fully saturated rings. The van der Waals surface area contributed by atoms with Crippen molar-refractivity contribution in [3.05, 3.63) is 27.2 Å². The SMILES string of the molecule is OC1CCCCCC1Nc1c(Cl)cc(Cl)cc1Cl. The number of nitrogens with one attached hydrogen (secondary N) is 1. The van der Waals surface area contributed by atoms with E-state index < -0.39 is 0 Å². The van der Waals surface area contributed by atoms with Crippen molar-refractivity contribution < 1.29 is 5.11 Å². The Labute approximate surface area is 122 Å². The summed E-state index contributed by atoms with van der Waals surface area (Å²) in [6.07, 6.45) is 4.74. The molecule has 0 aromatic heterocycles. The van der Waals surface area contributed by atoms with Gasteiger partial charge in [-0.25, -0.2) is 0 Å². The predicted molar refractivity (Wildman–Crippen MR) is 78.0 cm³/mol. The lowest BCUT2D eigenvalue weighted by atomic mass is 10.1. The lowest BCUT2D eigenvalue weighted by Crippen LogP contribution is -2.32. The molecule has 1 saturated carbocycles. The van der Waals surface area contributed by atoms with Gasteiger partial charge in [0.05, 0.1) is 27.9 Å². The predicted octanol–water partition coefficient (Wildman–Crippen LogP) is 4.75. The molecule has 18 heavy (non-hydrogen) atoms. The van der Waals surface area contributed by atoms with Crippen molar-refractivity contribution in [2.45, 2.75) is 44.2 Å². The van der Waals surface area contributed by atoms with Crippen molar-refractivity contribution in [2.75, 3.05) is 5.32 Å². The van der Waals surface area contributed by atoms with Gasteiger partial charge in [0.2, 0.25) is 0 Å². The molecule has 2 N–H and O–H groups in total. The van der Waals surface area contributed by atoms with Crippen LogP contribution in [0.2, 0.25) is 15.1 Å². The van der Waals surface area contributed by atoms with E-state index in [0.29, 0.717) is 20.8 Å². The Morgan fingerprint density at radius 3 is 2.28 bits per heavy atom. The summed E-state index contributed by atoms with van der Waals surface area (Å²) in [7, 11) is 0. The van der Waals surface area contributed by atoms with Crippen LogP contribution < -0.4 is 5.32 Å². The van der Waals surface area contributed by atoms with E-state index in [4.69, 9.17) is 34.8 Å². The van der Waals surface area contributed by atoms with Gasteiger partial charge < -0.3 is 10.4 Å². The van der Waals surface area contributed by atoms with E-state index in [0.717, 1.165) is 32.1 Å². The first-order chi connectivity index (χ1) is 8.58. The molecule has 1 aromatic rings. The van der Waals surface area contributed by atoms with Gasteiger partial charge >= 0.3 is 0 Å². The van der Waals surface area contributed by atoms with Gasteiger partial charge in [-0.05, 0) is 25.0 Å². The Balaban J connectivity index is 2.17. The summed E-state index contributed by atoms with van der Waals surface area (Å²) in [6, 6.07) is 3.31. The molecule has 0 saturated heterocycles. The summed E-state index contributed by atoms with van der Waals surface area (Å²) in [5.41, 5.74) is 0.661. The molecule has 0 spiro atoms. The van der Waals surface area contributed by atoms with Gasteiger partial charge in [0, 0.05) is 5.02 Å². The average molecular weight is 309 g/mol. The third-order valence-corrected chi connectivity index (χ3v) is 4.13. The maximum Gasteiger partial charge on any atom is 0.0741 e. The third-order valence-electron chi connectivity index (χ3n) is 3.32. The van der Waals surface area contributed by atoms with Crippen LogP contribution in [-0.4, -0.2) is 17.3 Å². The first-order valence-corrected chi connectivity index (χ1v) is 7.30. The Morgan fingerprint density at radius 2 is 1.61 bits per heavy atom. The molecule has 2 nitrogen and oxygen atoms in total. The largest absolute Gasteiger partial charge is 0.391 e. The van der Waals surface area contributed by atoms with E-state index in [1.54, 1.807) is 12.1 Å². The molecule has 0 amide bonds. The van der Waals surface area contributed by atoms with E-state index in [1.165, 1.54) is 0 Å². The number of aliphatic hydroxyl groups is 1. The molecule has 100 valence electrons. The standard InChI is InChI=1S/C13H16Cl3NO/c14-8-6-9(15)13(10(16)7-8)17-11-4-2-1-3-5-12(11)18/h6-7,11-12,17-18H,1-5H2. The Bertz CT molecular complexity index is 402. The van der Waals surface area contributed by atoms with E-state index >= 15 is 0 Å². The number of hydrogen-bond donors (Lipinski definition) is 2. The fourth-order valence-electron chi connectivity index (χ4n) is 2.32. The summed E-state index contributed by atoms with van der Waals surface area (Å²) in [4.78, 5) is 0. The zero-order valence-corrected chi connectivity index (χ0v) is 12.2. The highest BCUT2D eigenvalue weighted by Gasteiger charge is 2.23. The molecule has 1 aliphatic rings. The van der Waals surface area contributed by atoms with Crippen molar-refractivity contribution in [3.8, 4) is 0 Å². The second kappa shape index (κ2) is 6.33. The van der Waals surface area contributed by atoms with E-state index in [2.05, 4.69) is 5.32 Å². The molecule has 0 bridgehead atoms. The number of halogens is 3. The maximum atomic E-state index is 10.1. The number of hydrogen-bond acceptors (Lipinski definition) is 2. The Kier molecular flexibility index (Phi) is 5.02. The molecule has 2 rings (SSSR count). The Morgan fingerprint density at radius 1 is 1.00 bits per heavy atom. The van der Waals surface area contributed by atoms with Gasteiger partial charge in [-0.15, -0.1) is 0 Å². The highest BCUT2D eigenvalue weighted by atomic mass is 35.5. The van der Waals surface area contributed by atoms with Crippen LogP contribution in [-0.2, 0) is 0 Å². The molecule has 2 unspecified atom stereocenters. The molecule has 0 aliphatic heterocycles. The smallest absolute Gasteiger partial charge is 0.0741 e. The molecule has 5 heteroatoms. The molecular weight excluding hydrogens is 293 g/mol. The summed E-state index contributed by atoms with van der Waals surface area (Å²) in [5.74, 6) is 0. The minimum absolute atomic E-state index is 0.00340. The minimum atomic E-state index is -0.352. The monoisotopic (exact) mass is 307 g/mol. The van der Waals surface area contributed by atoms with Crippen LogP contribution in [0.15, 0.2) is 12.1 Å². The number of aliphatic hydroxyl groups excluding tert-OH is 1. The molecule has 0 radical (unpaired) electrons. The zero-order valence-electron chi connectivity index (χ0n) is 9.93. The van der Waals surface area contributed by atoms with E-state index in [9.17, 15) is 5.11 Å². The van der Waals surface area contributed by atoms with Crippen molar-refractivity contribution in [1.29, 1.82) is 0 Å². The molecular formula is C13H16Cl3NO. The molecule has 1 aromatic carbocycles. The summed E-state index contributed by atoms with van der Waals surface area (Å²) in [5, 5.41) is 14.8. The van der Waals surface area contributed by atoms with Crippen LogP contribution in [0.4, 0.5) is 5.69 Å². The lowest BCUT2D eigenvalue weighted by molar-refractivity contribution is 0.144. The average Bonchev–Trinajstić information content (AvgIpc) is 2.49. The normalized spacial score (nSPS) is 24.7. The van der Waals surface area contributed by atoms with Crippen molar-refractivity contribution >= 4 is 40.5 Å². The zero-order chi connectivity index (χ0) is 13.1. The summed E-state index contributed by atoms with van der Waals surface area (Å²) < 4.78 is 0.